The van der Waals surface area contributed by atoms with Gasteiger partial charge in [-0.3, -0.25) is 4.79 Å². The van der Waals surface area contributed by atoms with E-state index in [1.807, 2.05) is 30.3 Å². The van der Waals surface area contributed by atoms with Gasteiger partial charge < -0.3 is 5.53 Å². The number of hydrogen-bond acceptors (Lipinski definition) is 1. The first-order valence-electron chi connectivity index (χ1n) is 4.13. The second kappa shape index (κ2) is 5.47. The molecule has 0 spiro atoms. The van der Waals surface area contributed by atoms with Crippen LogP contribution in [0.25, 0.3) is 5.53 Å². The van der Waals surface area contributed by atoms with Crippen molar-refractivity contribution in [3.05, 3.63) is 41.4 Å². The molecule has 0 aliphatic heterocycles. The molecule has 1 aromatic carbocycles. The fourth-order valence-electron chi connectivity index (χ4n) is 1.07. The summed E-state index contributed by atoms with van der Waals surface area (Å²) in [5, 5.41) is 0. The number of ketones is 1. The number of rotatable bonds is 4. The summed E-state index contributed by atoms with van der Waals surface area (Å²) in [6.45, 7) is 0. The first kappa shape index (κ1) is 10.8. The number of hydrogen-bond donors (Lipinski definition) is 0. The van der Waals surface area contributed by atoms with Crippen LogP contribution in [-0.4, -0.2) is 16.8 Å². The van der Waals surface area contributed by atoms with Crippen LogP contribution in [0.1, 0.15) is 16.8 Å². The molecule has 4 heteroatoms. The van der Waals surface area contributed by atoms with Gasteiger partial charge in [-0.2, -0.15) is 4.79 Å². The number of alkyl halides is 1. The Morgan fingerprint density at radius 3 is 2.71 bits per heavy atom. The van der Waals surface area contributed by atoms with Gasteiger partial charge in [-0.25, -0.2) is 0 Å². The van der Waals surface area contributed by atoms with E-state index in [1.165, 1.54) is 0 Å². The summed E-state index contributed by atoms with van der Waals surface area (Å²) in [6.07, 6.45) is 1.20. The summed E-state index contributed by atoms with van der Waals surface area (Å²) in [4.78, 5) is 13.7. The lowest BCUT2D eigenvalue weighted by Crippen LogP contribution is -2.03. The van der Waals surface area contributed by atoms with E-state index in [4.69, 9.17) is 5.53 Å². The molecular formula is C10H9BrN2O. The Morgan fingerprint density at radius 1 is 1.50 bits per heavy atom. The first-order chi connectivity index (χ1) is 6.74. The molecule has 0 heterocycles. The van der Waals surface area contributed by atoms with Crippen LogP contribution >= 0.6 is 15.9 Å². The average Bonchev–Trinajstić information content (AvgIpc) is 2.19. The Hall–Kier alpha value is -1.25. The van der Waals surface area contributed by atoms with Gasteiger partial charge in [-0.15, -0.1) is 0 Å². The summed E-state index contributed by atoms with van der Waals surface area (Å²) < 4.78 is 0. The van der Waals surface area contributed by atoms with Crippen LogP contribution in [0.5, 0.6) is 0 Å². The molecule has 0 saturated heterocycles. The SMILES string of the molecule is [N-]=[N+]=CC(=O)CC(Br)c1ccccc1. The van der Waals surface area contributed by atoms with E-state index >= 15 is 0 Å². The van der Waals surface area contributed by atoms with Crippen LogP contribution in [-0.2, 0) is 4.79 Å². The molecule has 1 atom stereocenters. The van der Waals surface area contributed by atoms with E-state index in [1.54, 1.807) is 0 Å². The zero-order valence-electron chi connectivity index (χ0n) is 7.43. The molecule has 0 aromatic heterocycles. The molecule has 0 radical (unpaired) electrons. The van der Waals surface area contributed by atoms with Gasteiger partial charge in [0.05, 0.1) is 0 Å². The van der Waals surface area contributed by atoms with E-state index < -0.39 is 0 Å². The maximum absolute atomic E-state index is 11.1. The summed E-state index contributed by atoms with van der Waals surface area (Å²) >= 11 is 3.39. The number of benzene rings is 1. The van der Waals surface area contributed by atoms with Crippen LogP contribution in [0.15, 0.2) is 30.3 Å². The minimum atomic E-state index is -0.210. The van der Waals surface area contributed by atoms with Crippen molar-refractivity contribution < 1.29 is 9.58 Å². The summed E-state index contributed by atoms with van der Waals surface area (Å²) in [7, 11) is 0. The molecule has 0 N–H and O–H groups in total. The molecule has 14 heavy (non-hydrogen) atoms. The highest BCUT2D eigenvalue weighted by molar-refractivity contribution is 9.09. The fraction of sp³-hybridized carbons (Fsp3) is 0.200. The highest BCUT2D eigenvalue weighted by Gasteiger charge is 2.12. The van der Waals surface area contributed by atoms with Gasteiger partial charge in [0.25, 0.3) is 0 Å². The van der Waals surface area contributed by atoms with E-state index in [2.05, 4.69) is 20.7 Å². The second-order valence-electron chi connectivity index (χ2n) is 2.79. The number of carbonyl (C=O) groups excluding carboxylic acids is 1. The van der Waals surface area contributed by atoms with Crippen molar-refractivity contribution in [2.24, 2.45) is 0 Å². The third-order valence-corrected chi connectivity index (χ3v) is 2.60. The fourth-order valence-corrected chi connectivity index (χ4v) is 1.70. The smallest absolute Gasteiger partial charge is 0.323 e. The predicted molar refractivity (Wildman–Crippen MR) is 57.4 cm³/mol. The van der Waals surface area contributed by atoms with Gasteiger partial charge in [0.1, 0.15) is 0 Å². The normalized spacial score (nSPS) is 11.5. The van der Waals surface area contributed by atoms with Crippen LogP contribution in [0.2, 0.25) is 0 Å². The highest BCUT2D eigenvalue weighted by atomic mass is 79.9. The van der Waals surface area contributed by atoms with Gasteiger partial charge in [-0.05, 0) is 5.56 Å². The van der Waals surface area contributed by atoms with Gasteiger partial charge >= 0.3 is 6.21 Å². The number of Topliss-reactive ketones (excluding diaryl/α,β-unsaturated/α-hetero) is 1. The van der Waals surface area contributed by atoms with Crippen LogP contribution in [0, 0.1) is 0 Å². The quantitative estimate of drug-likeness (QED) is 0.351. The van der Waals surface area contributed by atoms with E-state index in [9.17, 15) is 4.79 Å². The maximum Gasteiger partial charge on any atom is 0.323 e. The summed E-state index contributed by atoms with van der Waals surface area (Å²) in [5.74, 6) is -0.210. The van der Waals surface area contributed by atoms with Crippen LogP contribution < -0.4 is 0 Å². The van der Waals surface area contributed by atoms with Crippen molar-refractivity contribution in [2.45, 2.75) is 11.2 Å². The van der Waals surface area contributed by atoms with Crippen LogP contribution in [0.4, 0.5) is 0 Å². The third kappa shape index (κ3) is 3.24. The second-order valence-corrected chi connectivity index (χ2v) is 3.90. The van der Waals surface area contributed by atoms with E-state index in [-0.39, 0.29) is 17.0 Å². The molecule has 1 unspecified atom stereocenters. The largest absolute Gasteiger partial charge is 0.361 e. The van der Waals surface area contributed by atoms with E-state index in [0.717, 1.165) is 11.8 Å². The number of halogens is 1. The van der Waals surface area contributed by atoms with Crippen molar-refractivity contribution >= 4 is 27.9 Å². The Kier molecular flexibility index (Phi) is 4.23. The molecule has 3 nitrogen and oxygen atoms in total. The Labute approximate surface area is 90.5 Å². The molecule has 0 saturated carbocycles. The zero-order chi connectivity index (χ0) is 10.4. The van der Waals surface area contributed by atoms with Crippen molar-refractivity contribution in [3.8, 4) is 0 Å². The third-order valence-electron chi connectivity index (χ3n) is 1.74. The van der Waals surface area contributed by atoms with Crippen molar-refractivity contribution in [3.63, 3.8) is 0 Å². The van der Waals surface area contributed by atoms with Crippen molar-refractivity contribution in [2.75, 3.05) is 0 Å². The lowest BCUT2D eigenvalue weighted by atomic mass is 10.1. The minimum Gasteiger partial charge on any atom is -0.361 e. The maximum atomic E-state index is 11.1. The van der Waals surface area contributed by atoms with Crippen molar-refractivity contribution in [1.29, 1.82) is 0 Å². The molecule has 0 aliphatic rings. The number of nitrogens with zero attached hydrogens (tertiary/aromatic N) is 2. The molecule has 0 bridgehead atoms. The van der Waals surface area contributed by atoms with Gasteiger partial charge in [0.2, 0.25) is 5.78 Å². The lowest BCUT2D eigenvalue weighted by molar-refractivity contribution is -0.116. The lowest BCUT2D eigenvalue weighted by Gasteiger charge is -2.05. The Balaban J connectivity index is 2.63. The van der Waals surface area contributed by atoms with Gasteiger partial charge in [-0.1, -0.05) is 46.3 Å². The average molecular weight is 253 g/mol. The minimum absolute atomic E-state index is 0.0331. The molecule has 0 aliphatic carbocycles. The summed E-state index contributed by atoms with van der Waals surface area (Å²) in [6, 6.07) is 9.61. The molecule has 0 amide bonds. The summed E-state index contributed by atoms with van der Waals surface area (Å²) in [5.41, 5.74) is 9.19. The predicted octanol–water partition coefficient (Wildman–Crippen LogP) is 2.38. The monoisotopic (exact) mass is 252 g/mol. The molecular weight excluding hydrogens is 244 g/mol. The van der Waals surface area contributed by atoms with Gasteiger partial charge in [0, 0.05) is 11.2 Å². The van der Waals surface area contributed by atoms with Gasteiger partial charge in [0.15, 0.2) is 0 Å². The zero-order valence-corrected chi connectivity index (χ0v) is 9.02. The molecule has 1 aromatic rings. The Bertz CT molecular complexity index is 358. The van der Waals surface area contributed by atoms with Crippen molar-refractivity contribution in [1.82, 2.24) is 0 Å². The molecule has 72 valence electrons. The Morgan fingerprint density at radius 2 is 2.14 bits per heavy atom. The standard InChI is InChI=1S/C10H9BrN2O/c11-10(6-9(14)7-13-12)8-4-2-1-3-5-8/h1-5,7,10H,6H2. The van der Waals surface area contributed by atoms with Crippen LogP contribution in [0.3, 0.4) is 0 Å². The number of carbonyl (C=O) groups is 1. The molecule has 0 fully saturated rings. The van der Waals surface area contributed by atoms with E-state index in [0.29, 0.717) is 0 Å². The highest BCUT2D eigenvalue weighted by Crippen LogP contribution is 2.25. The topological polar surface area (TPSA) is 53.5 Å². The molecule has 1 rings (SSSR count). The first-order valence-corrected chi connectivity index (χ1v) is 5.05.